The van der Waals surface area contributed by atoms with Gasteiger partial charge in [-0.2, -0.15) is 0 Å². The zero-order chi connectivity index (χ0) is 13.4. The van der Waals surface area contributed by atoms with Crippen molar-refractivity contribution in [3.8, 4) is 5.75 Å². The van der Waals surface area contributed by atoms with Crippen LogP contribution in [-0.4, -0.2) is 31.9 Å². The molecule has 104 valence electrons. The van der Waals surface area contributed by atoms with Gasteiger partial charge in [0.1, 0.15) is 11.6 Å². The minimum absolute atomic E-state index is 0.195. The summed E-state index contributed by atoms with van der Waals surface area (Å²) in [6.45, 7) is 5.93. The molecule has 0 amide bonds. The van der Waals surface area contributed by atoms with E-state index >= 15 is 0 Å². The predicted molar refractivity (Wildman–Crippen MR) is 72.4 cm³/mol. The second-order valence-corrected chi connectivity index (χ2v) is 5.35. The maximum Gasteiger partial charge on any atom is 0.131 e. The van der Waals surface area contributed by atoms with Crippen LogP contribution in [0.1, 0.15) is 25.3 Å². The quantitative estimate of drug-likeness (QED) is 0.838. The first-order chi connectivity index (χ1) is 9.17. The molecule has 0 spiro atoms. The largest absolute Gasteiger partial charge is 0.493 e. The van der Waals surface area contributed by atoms with Crippen molar-refractivity contribution in [3.05, 3.63) is 23.5 Å². The first-order valence-electron chi connectivity index (χ1n) is 7.00. The van der Waals surface area contributed by atoms with Crippen molar-refractivity contribution >= 4 is 5.69 Å². The van der Waals surface area contributed by atoms with E-state index in [0.29, 0.717) is 30.1 Å². The fraction of sp³-hybridized carbons (Fsp3) is 0.600. The molecule has 3 rings (SSSR count). The van der Waals surface area contributed by atoms with E-state index in [9.17, 15) is 4.39 Å². The van der Waals surface area contributed by atoms with E-state index in [1.165, 1.54) is 0 Å². The van der Waals surface area contributed by atoms with Crippen LogP contribution < -0.4 is 9.64 Å². The lowest BCUT2D eigenvalue weighted by Gasteiger charge is -2.34. The molecule has 0 saturated carbocycles. The van der Waals surface area contributed by atoms with Crippen LogP contribution in [0, 0.1) is 12.7 Å². The summed E-state index contributed by atoms with van der Waals surface area (Å²) in [5.41, 5.74) is 1.49. The van der Waals surface area contributed by atoms with E-state index in [4.69, 9.17) is 9.47 Å². The zero-order valence-electron chi connectivity index (χ0n) is 11.5. The topological polar surface area (TPSA) is 21.7 Å². The third kappa shape index (κ3) is 2.41. The molecule has 0 radical (unpaired) electrons. The van der Waals surface area contributed by atoms with E-state index in [0.717, 1.165) is 31.6 Å². The van der Waals surface area contributed by atoms with Gasteiger partial charge >= 0.3 is 0 Å². The van der Waals surface area contributed by atoms with Crippen LogP contribution in [0.5, 0.6) is 5.75 Å². The Labute approximate surface area is 113 Å². The lowest BCUT2D eigenvalue weighted by Crippen LogP contribution is -2.42. The second-order valence-electron chi connectivity index (χ2n) is 5.35. The van der Waals surface area contributed by atoms with Gasteiger partial charge in [0.25, 0.3) is 0 Å². The van der Waals surface area contributed by atoms with E-state index in [1.807, 2.05) is 13.0 Å². The second kappa shape index (κ2) is 5.00. The van der Waals surface area contributed by atoms with Crippen LogP contribution in [0.25, 0.3) is 0 Å². The molecule has 2 aliphatic rings. The SMILES string of the molecule is CCOc1cc(N2CC3CCC(C2)O3)cc(F)c1C. The monoisotopic (exact) mass is 265 g/mol. The van der Waals surface area contributed by atoms with Gasteiger partial charge in [-0.1, -0.05) is 0 Å². The van der Waals surface area contributed by atoms with Gasteiger partial charge in [-0.15, -0.1) is 0 Å². The number of morpholine rings is 1. The first-order valence-corrected chi connectivity index (χ1v) is 7.00. The average molecular weight is 265 g/mol. The Morgan fingerprint density at radius 3 is 2.63 bits per heavy atom. The summed E-state index contributed by atoms with van der Waals surface area (Å²) in [6.07, 6.45) is 2.85. The standard InChI is InChI=1S/C15H20FNO2/c1-3-18-15-7-11(6-14(16)10(15)2)17-8-12-4-5-13(9-17)19-12/h6-7,12-13H,3-5,8-9H2,1-2H3. The van der Waals surface area contributed by atoms with Gasteiger partial charge in [-0.05, 0) is 32.8 Å². The van der Waals surface area contributed by atoms with Gasteiger partial charge in [0, 0.05) is 30.4 Å². The molecule has 2 aliphatic heterocycles. The molecule has 1 aromatic carbocycles. The van der Waals surface area contributed by atoms with Crippen molar-refractivity contribution in [3.63, 3.8) is 0 Å². The molecule has 0 N–H and O–H groups in total. The van der Waals surface area contributed by atoms with Gasteiger partial charge in [0.2, 0.25) is 0 Å². The van der Waals surface area contributed by atoms with Crippen LogP contribution in [-0.2, 0) is 4.74 Å². The molecular formula is C15H20FNO2. The van der Waals surface area contributed by atoms with Gasteiger partial charge < -0.3 is 14.4 Å². The number of fused-ring (bicyclic) bond motifs is 2. The maximum atomic E-state index is 14.0. The highest BCUT2D eigenvalue weighted by Crippen LogP contribution is 2.33. The highest BCUT2D eigenvalue weighted by Gasteiger charge is 2.34. The zero-order valence-corrected chi connectivity index (χ0v) is 11.5. The van der Waals surface area contributed by atoms with E-state index in [2.05, 4.69) is 4.90 Å². The van der Waals surface area contributed by atoms with E-state index in [1.54, 1.807) is 13.0 Å². The van der Waals surface area contributed by atoms with Crippen LogP contribution in [0.2, 0.25) is 0 Å². The van der Waals surface area contributed by atoms with Crippen LogP contribution in [0.3, 0.4) is 0 Å². The third-order valence-corrected chi connectivity index (χ3v) is 3.99. The Kier molecular flexibility index (Phi) is 3.35. The highest BCUT2D eigenvalue weighted by molar-refractivity contribution is 5.55. The Balaban J connectivity index is 1.88. The number of hydrogen-bond donors (Lipinski definition) is 0. The van der Waals surface area contributed by atoms with Gasteiger partial charge in [-0.3, -0.25) is 0 Å². The number of benzene rings is 1. The lowest BCUT2D eigenvalue weighted by molar-refractivity contribution is 0.0304. The molecule has 0 aromatic heterocycles. The number of anilines is 1. The minimum atomic E-state index is -0.195. The Hall–Kier alpha value is -1.29. The molecule has 2 fully saturated rings. The predicted octanol–water partition coefficient (Wildman–Crippen LogP) is 2.90. The fourth-order valence-corrected chi connectivity index (χ4v) is 2.95. The number of nitrogens with zero attached hydrogens (tertiary/aromatic N) is 1. The van der Waals surface area contributed by atoms with Crippen molar-refractivity contribution in [1.82, 2.24) is 0 Å². The molecule has 0 aliphatic carbocycles. The molecular weight excluding hydrogens is 245 g/mol. The van der Waals surface area contributed by atoms with Crippen molar-refractivity contribution in [2.45, 2.75) is 38.9 Å². The fourth-order valence-electron chi connectivity index (χ4n) is 2.95. The lowest BCUT2D eigenvalue weighted by atomic mass is 10.1. The third-order valence-electron chi connectivity index (χ3n) is 3.99. The molecule has 2 saturated heterocycles. The number of ether oxygens (including phenoxy) is 2. The summed E-state index contributed by atoms with van der Waals surface area (Å²) >= 11 is 0. The molecule has 3 nitrogen and oxygen atoms in total. The summed E-state index contributed by atoms with van der Waals surface area (Å²) in [5, 5.41) is 0. The maximum absolute atomic E-state index is 14.0. The molecule has 1 aromatic rings. The molecule has 4 heteroatoms. The molecule has 2 unspecified atom stereocenters. The van der Waals surface area contributed by atoms with Crippen molar-refractivity contribution in [2.24, 2.45) is 0 Å². The summed E-state index contributed by atoms with van der Waals surface area (Å²) in [6, 6.07) is 3.56. The van der Waals surface area contributed by atoms with Crippen molar-refractivity contribution < 1.29 is 13.9 Å². The van der Waals surface area contributed by atoms with Crippen LogP contribution in [0.15, 0.2) is 12.1 Å². The average Bonchev–Trinajstić information content (AvgIpc) is 2.74. The Bertz CT molecular complexity index is 465. The van der Waals surface area contributed by atoms with Crippen molar-refractivity contribution in [2.75, 3.05) is 24.6 Å². The summed E-state index contributed by atoms with van der Waals surface area (Å²) in [7, 11) is 0. The highest BCUT2D eigenvalue weighted by atomic mass is 19.1. The van der Waals surface area contributed by atoms with Gasteiger partial charge in [0.15, 0.2) is 0 Å². The van der Waals surface area contributed by atoms with Gasteiger partial charge in [-0.25, -0.2) is 4.39 Å². The Morgan fingerprint density at radius 2 is 2.00 bits per heavy atom. The van der Waals surface area contributed by atoms with E-state index < -0.39 is 0 Å². The first kappa shape index (κ1) is 12.7. The number of hydrogen-bond acceptors (Lipinski definition) is 3. The smallest absolute Gasteiger partial charge is 0.131 e. The summed E-state index contributed by atoms with van der Waals surface area (Å²) < 4.78 is 25.3. The van der Waals surface area contributed by atoms with Crippen LogP contribution >= 0.6 is 0 Å². The van der Waals surface area contributed by atoms with Gasteiger partial charge in [0.05, 0.1) is 18.8 Å². The normalized spacial score (nSPS) is 25.7. The molecule has 2 heterocycles. The van der Waals surface area contributed by atoms with Crippen LogP contribution in [0.4, 0.5) is 10.1 Å². The molecule has 2 bridgehead atoms. The summed E-state index contributed by atoms with van der Waals surface area (Å²) in [5.74, 6) is 0.455. The van der Waals surface area contributed by atoms with Crippen molar-refractivity contribution in [1.29, 1.82) is 0 Å². The number of rotatable bonds is 3. The van der Waals surface area contributed by atoms with E-state index in [-0.39, 0.29) is 5.82 Å². The molecule has 19 heavy (non-hydrogen) atoms. The molecule has 2 atom stereocenters. The minimum Gasteiger partial charge on any atom is -0.493 e. The Morgan fingerprint density at radius 1 is 1.32 bits per heavy atom. The number of halogens is 1. The summed E-state index contributed by atoms with van der Waals surface area (Å²) in [4.78, 5) is 2.22.